The van der Waals surface area contributed by atoms with E-state index in [1.807, 2.05) is 60.7 Å². The van der Waals surface area contributed by atoms with E-state index in [0.29, 0.717) is 0 Å². The van der Waals surface area contributed by atoms with Gasteiger partial charge in [0.25, 0.3) is 0 Å². The zero-order valence-corrected chi connectivity index (χ0v) is 14.2. The highest BCUT2D eigenvalue weighted by Gasteiger charge is 2.53. The van der Waals surface area contributed by atoms with Gasteiger partial charge in [0.2, 0.25) is 0 Å². The first kappa shape index (κ1) is 18.0. The quantitative estimate of drug-likeness (QED) is 0.769. The Bertz CT molecular complexity index is 662. The van der Waals surface area contributed by atoms with E-state index in [1.165, 1.54) is 0 Å². The summed E-state index contributed by atoms with van der Waals surface area (Å²) in [6.45, 7) is 1.93. The van der Waals surface area contributed by atoms with Crippen molar-refractivity contribution >= 4 is 0 Å². The summed E-state index contributed by atoms with van der Waals surface area (Å²) in [6.07, 6.45) is -4.24. The second-order valence-corrected chi connectivity index (χ2v) is 6.53. The predicted molar refractivity (Wildman–Crippen MR) is 92.7 cm³/mol. The van der Waals surface area contributed by atoms with Crippen LogP contribution < -0.4 is 0 Å². The van der Waals surface area contributed by atoms with E-state index in [4.69, 9.17) is 9.47 Å². The molecule has 0 aromatic heterocycles. The van der Waals surface area contributed by atoms with Gasteiger partial charge in [0, 0.05) is 6.42 Å². The highest BCUT2D eigenvalue weighted by atomic mass is 16.7. The van der Waals surface area contributed by atoms with Gasteiger partial charge in [-0.1, -0.05) is 60.7 Å². The molecule has 5 atom stereocenters. The molecule has 1 heterocycles. The molecule has 0 amide bonds. The molecule has 5 nitrogen and oxygen atoms in total. The SMILES string of the molecule is C[C@@H]1O[C@@H](OCc2ccccc2)[C@H](O)[C@H](O)[C@]1(O)Cc1ccccc1. The van der Waals surface area contributed by atoms with Gasteiger partial charge in [-0.25, -0.2) is 0 Å². The average Bonchev–Trinajstić information content (AvgIpc) is 2.64. The lowest BCUT2D eigenvalue weighted by molar-refractivity contribution is -0.326. The fraction of sp³-hybridized carbons (Fsp3) is 0.400. The maximum atomic E-state index is 10.9. The normalized spacial score (nSPS) is 32.5. The van der Waals surface area contributed by atoms with Crippen molar-refractivity contribution in [3.63, 3.8) is 0 Å². The molecule has 3 N–H and O–H groups in total. The topological polar surface area (TPSA) is 79.2 Å². The highest BCUT2D eigenvalue weighted by Crippen LogP contribution is 2.33. The van der Waals surface area contributed by atoms with Crippen molar-refractivity contribution in [2.24, 2.45) is 0 Å². The molecule has 3 rings (SSSR count). The van der Waals surface area contributed by atoms with Crippen LogP contribution in [-0.4, -0.2) is 45.5 Å². The van der Waals surface area contributed by atoms with Gasteiger partial charge in [-0.15, -0.1) is 0 Å². The van der Waals surface area contributed by atoms with Gasteiger partial charge in [-0.05, 0) is 18.1 Å². The molecule has 0 radical (unpaired) electrons. The molecule has 25 heavy (non-hydrogen) atoms. The van der Waals surface area contributed by atoms with Gasteiger partial charge in [0.1, 0.15) is 17.8 Å². The summed E-state index contributed by atoms with van der Waals surface area (Å²) in [5.74, 6) is 0. The summed E-state index contributed by atoms with van der Waals surface area (Å²) in [6, 6.07) is 18.8. The summed E-state index contributed by atoms with van der Waals surface area (Å²) in [5.41, 5.74) is 0.203. The minimum Gasteiger partial charge on any atom is -0.387 e. The lowest BCUT2D eigenvalue weighted by atomic mass is 9.80. The molecule has 1 aliphatic rings. The van der Waals surface area contributed by atoms with E-state index in [2.05, 4.69) is 0 Å². The number of hydrogen-bond donors (Lipinski definition) is 3. The smallest absolute Gasteiger partial charge is 0.186 e. The zero-order valence-electron chi connectivity index (χ0n) is 14.2. The number of rotatable bonds is 5. The van der Waals surface area contributed by atoms with Crippen molar-refractivity contribution < 1.29 is 24.8 Å². The van der Waals surface area contributed by atoms with Gasteiger partial charge < -0.3 is 24.8 Å². The molecule has 2 aromatic carbocycles. The lowest BCUT2D eigenvalue weighted by Crippen LogP contribution is -2.66. The first-order valence-electron chi connectivity index (χ1n) is 8.44. The van der Waals surface area contributed by atoms with Gasteiger partial charge in [0.05, 0.1) is 12.7 Å². The number of aliphatic hydroxyl groups is 3. The van der Waals surface area contributed by atoms with Crippen molar-refractivity contribution in [1.29, 1.82) is 0 Å². The van der Waals surface area contributed by atoms with Crippen LogP contribution in [0.5, 0.6) is 0 Å². The van der Waals surface area contributed by atoms with E-state index in [0.717, 1.165) is 11.1 Å². The Morgan fingerprint density at radius 1 is 0.960 bits per heavy atom. The Hall–Kier alpha value is -1.76. The van der Waals surface area contributed by atoms with Crippen LogP contribution in [0, 0.1) is 0 Å². The minimum absolute atomic E-state index is 0.179. The Labute approximate surface area is 147 Å². The number of hydrogen-bond acceptors (Lipinski definition) is 5. The summed E-state index contributed by atoms with van der Waals surface area (Å²) in [7, 11) is 0. The minimum atomic E-state index is -1.59. The van der Waals surface area contributed by atoms with Crippen LogP contribution in [0.3, 0.4) is 0 Å². The number of benzene rings is 2. The first-order valence-corrected chi connectivity index (χ1v) is 8.44. The molecule has 5 heteroatoms. The Kier molecular flexibility index (Phi) is 5.51. The molecule has 1 aliphatic heterocycles. The van der Waals surface area contributed by atoms with Crippen molar-refractivity contribution in [3.05, 3.63) is 71.8 Å². The standard InChI is InChI=1S/C20H24O5/c1-14-20(23,12-15-8-4-2-5-9-15)18(22)17(21)19(25-14)24-13-16-10-6-3-7-11-16/h2-11,14,17-19,21-23H,12-13H2,1H3/t14-,17+,18-,19+,20-/m0/s1. The van der Waals surface area contributed by atoms with Crippen LogP contribution in [0.25, 0.3) is 0 Å². The molecular formula is C20H24O5. The largest absolute Gasteiger partial charge is 0.387 e. The van der Waals surface area contributed by atoms with Crippen molar-refractivity contribution in [3.8, 4) is 0 Å². The molecule has 0 saturated carbocycles. The van der Waals surface area contributed by atoms with E-state index in [1.54, 1.807) is 6.92 Å². The monoisotopic (exact) mass is 344 g/mol. The third-order valence-electron chi connectivity index (χ3n) is 4.74. The third kappa shape index (κ3) is 3.92. The van der Waals surface area contributed by atoms with Gasteiger partial charge in [-0.2, -0.15) is 0 Å². The summed E-state index contributed by atoms with van der Waals surface area (Å²) in [4.78, 5) is 0. The number of ether oxygens (including phenoxy) is 2. The van der Waals surface area contributed by atoms with Crippen LogP contribution in [-0.2, 0) is 22.5 Å². The molecule has 1 saturated heterocycles. The fourth-order valence-electron chi connectivity index (χ4n) is 3.15. The van der Waals surface area contributed by atoms with E-state index < -0.39 is 30.2 Å². The molecule has 1 fully saturated rings. The Morgan fingerprint density at radius 3 is 2.12 bits per heavy atom. The van der Waals surface area contributed by atoms with Crippen molar-refractivity contribution in [2.45, 2.75) is 50.2 Å². The molecule has 0 bridgehead atoms. The summed E-state index contributed by atoms with van der Waals surface area (Å²) >= 11 is 0. The van der Waals surface area contributed by atoms with Crippen LogP contribution in [0.4, 0.5) is 0 Å². The molecular weight excluding hydrogens is 320 g/mol. The molecule has 0 spiro atoms. The molecule has 0 aliphatic carbocycles. The molecule has 2 aromatic rings. The Morgan fingerprint density at radius 2 is 1.52 bits per heavy atom. The van der Waals surface area contributed by atoms with E-state index in [9.17, 15) is 15.3 Å². The first-order chi connectivity index (χ1) is 12.0. The summed E-state index contributed by atoms with van der Waals surface area (Å²) in [5, 5.41) is 31.9. The van der Waals surface area contributed by atoms with Crippen LogP contribution in [0.2, 0.25) is 0 Å². The molecule has 134 valence electrons. The third-order valence-corrected chi connectivity index (χ3v) is 4.74. The lowest BCUT2D eigenvalue weighted by Gasteiger charge is -2.47. The van der Waals surface area contributed by atoms with Crippen LogP contribution in [0.1, 0.15) is 18.1 Å². The second kappa shape index (κ2) is 7.64. The highest BCUT2D eigenvalue weighted by molar-refractivity contribution is 5.19. The van der Waals surface area contributed by atoms with E-state index >= 15 is 0 Å². The van der Waals surface area contributed by atoms with Gasteiger partial charge in [-0.3, -0.25) is 0 Å². The van der Waals surface area contributed by atoms with Crippen LogP contribution in [0.15, 0.2) is 60.7 Å². The number of aliphatic hydroxyl groups excluding tert-OH is 2. The van der Waals surface area contributed by atoms with Crippen LogP contribution >= 0.6 is 0 Å². The zero-order chi connectivity index (χ0) is 17.9. The van der Waals surface area contributed by atoms with Gasteiger partial charge >= 0.3 is 0 Å². The van der Waals surface area contributed by atoms with E-state index in [-0.39, 0.29) is 13.0 Å². The fourth-order valence-corrected chi connectivity index (χ4v) is 3.15. The predicted octanol–water partition coefficient (Wildman–Crippen LogP) is 1.64. The molecule has 0 unspecified atom stereocenters. The van der Waals surface area contributed by atoms with Crippen molar-refractivity contribution in [2.75, 3.05) is 0 Å². The Balaban J connectivity index is 1.68. The maximum absolute atomic E-state index is 10.9. The average molecular weight is 344 g/mol. The van der Waals surface area contributed by atoms with Gasteiger partial charge in [0.15, 0.2) is 6.29 Å². The second-order valence-electron chi connectivity index (χ2n) is 6.53. The summed E-state index contributed by atoms with van der Waals surface area (Å²) < 4.78 is 11.3. The van der Waals surface area contributed by atoms with Crippen molar-refractivity contribution in [1.82, 2.24) is 0 Å². The maximum Gasteiger partial charge on any atom is 0.186 e.